The molecule has 0 saturated carbocycles. The largest absolute Gasteiger partial charge is 0.337 e. The molecule has 0 aromatic heterocycles. The van der Waals surface area contributed by atoms with Crippen LogP contribution in [0.15, 0.2) is 24.8 Å². The smallest absolute Gasteiger partial charge is 0.253 e. The van der Waals surface area contributed by atoms with Gasteiger partial charge in [-0.3, -0.25) is 4.79 Å². The van der Waals surface area contributed by atoms with Gasteiger partial charge in [0, 0.05) is 25.2 Å². The summed E-state index contributed by atoms with van der Waals surface area (Å²) >= 11 is 0. The Morgan fingerprint density at radius 2 is 2.00 bits per heavy atom. The van der Waals surface area contributed by atoms with E-state index in [-0.39, 0.29) is 5.91 Å². The molecule has 1 aliphatic rings. The third-order valence-corrected chi connectivity index (χ3v) is 2.53. The maximum absolute atomic E-state index is 11.7. The molecule has 0 aromatic carbocycles. The summed E-state index contributed by atoms with van der Waals surface area (Å²) in [5, 5.41) is 0. The van der Waals surface area contributed by atoms with Gasteiger partial charge in [0.05, 0.1) is 0 Å². The summed E-state index contributed by atoms with van der Waals surface area (Å²) in [5.41, 5.74) is 0.495. The lowest BCUT2D eigenvalue weighted by Gasteiger charge is -2.20. The number of carbonyl (C=O) groups excluding carboxylic acids is 1. The van der Waals surface area contributed by atoms with Gasteiger partial charge in [0.15, 0.2) is 0 Å². The van der Waals surface area contributed by atoms with E-state index in [0.717, 1.165) is 32.6 Å². The summed E-state index contributed by atoms with van der Waals surface area (Å²) in [6.45, 7) is 10.9. The number of likely N-dealkylation sites (N-methyl/N-ethyl adjacent to an activating group) is 1. The number of carbonyl (C=O) groups is 1. The third kappa shape index (κ3) is 2.70. The Kier molecular flexibility index (Phi) is 3.89. The molecule has 1 saturated heterocycles. The zero-order valence-corrected chi connectivity index (χ0v) is 8.83. The van der Waals surface area contributed by atoms with Crippen molar-refractivity contribution in [2.24, 2.45) is 0 Å². The number of nitrogens with zero attached hydrogens (tertiary/aromatic N) is 2. The van der Waals surface area contributed by atoms with Crippen LogP contribution in [-0.4, -0.2) is 48.9 Å². The topological polar surface area (TPSA) is 23.6 Å². The van der Waals surface area contributed by atoms with Crippen LogP contribution in [0, 0.1) is 0 Å². The first kappa shape index (κ1) is 11.0. The van der Waals surface area contributed by atoms with E-state index >= 15 is 0 Å². The molecule has 0 unspecified atom stereocenters. The summed E-state index contributed by atoms with van der Waals surface area (Å²) in [5.74, 6) is 0.0234. The fraction of sp³-hybridized carbons (Fsp3) is 0.545. The fourth-order valence-corrected chi connectivity index (χ4v) is 1.54. The maximum atomic E-state index is 11.7. The van der Waals surface area contributed by atoms with E-state index in [2.05, 4.69) is 25.1 Å². The van der Waals surface area contributed by atoms with Gasteiger partial charge in [0.2, 0.25) is 0 Å². The molecule has 0 radical (unpaired) electrons. The highest BCUT2D eigenvalue weighted by molar-refractivity contribution is 5.95. The number of hydrogen-bond acceptors (Lipinski definition) is 2. The Hall–Kier alpha value is -1.09. The summed E-state index contributed by atoms with van der Waals surface area (Å²) < 4.78 is 0. The van der Waals surface area contributed by atoms with Gasteiger partial charge < -0.3 is 9.80 Å². The Balaban J connectivity index is 2.55. The van der Waals surface area contributed by atoms with Crippen LogP contribution in [0.4, 0.5) is 0 Å². The van der Waals surface area contributed by atoms with Crippen LogP contribution in [0.3, 0.4) is 0 Å². The van der Waals surface area contributed by atoms with Gasteiger partial charge in [-0.25, -0.2) is 0 Å². The average Bonchev–Trinajstić information content (AvgIpc) is 2.40. The SMILES string of the molecule is C=CC(=C)C(=O)N1CCCN(C)CC1. The number of rotatable bonds is 2. The molecule has 0 aromatic rings. The van der Waals surface area contributed by atoms with Crippen LogP contribution in [0.5, 0.6) is 0 Å². The van der Waals surface area contributed by atoms with Crippen LogP contribution in [0.25, 0.3) is 0 Å². The van der Waals surface area contributed by atoms with E-state index in [9.17, 15) is 4.79 Å². The molecule has 1 fully saturated rings. The highest BCUT2D eigenvalue weighted by Crippen LogP contribution is 2.05. The molecule has 3 heteroatoms. The summed E-state index contributed by atoms with van der Waals surface area (Å²) in [6, 6.07) is 0. The van der Waals surface area contributed by atoms with E-state index in [0.29, 0.717) is 5.57 Å². The third-order valence-electron chi connectivity index (χ3n) is 2.53. The highest BCUT2D eigenvalue weighted by atomic mass is 16.2. The normalized spacial score (nSPS) is 18.8. The standard InChI is InChI=1S/C11H18N2O/c1-4-10(2)11(14)13-7-5-6-12(3)8-9-13/h4H,1-2,5-9H2,3H3. The highest BCUT2D eigenvalue weighted by Gasteiger charge is 2.17. The van der Waals surface area contributed by atoms with Crippen molar-refractivity contribution in [1.82, 2.24) is 9.80 Å². The predicted octanol–water partition coefficient (Wildman–Crippen LogP) is 0.893. The van der Waals surface area contributed by atoms with Crippen molar-refractivity contribution < 1.29 is 4.79 Å². The van der Waals surface area contributed by atoms with Crippen molar-refractivity contribution in [3.8, 4) is 0 Å². The van der Waals surface area contributed by atoms with Crippen molar-refractivity contribution >= 4 is 5.91 Å². The Bertz CT molecular complexity index is 248. The molecule has 1 amide bonds. The van der Waals surface area contributed by atoms with Gasteiger partial charge >= 0.3 is 0 Å². The molecule has 3 nitrogen and oxygen atoms in total. The van der Waals surface area contributed by atoms with Gasteiger partial charge in [0.25, 0.3) is 5.91 Å². The van der Waals surface area contributed by atoms with Gasteiger partial charge in [-0.05, 0) is 20.0 Å². The van der Waals surface area contributed by atoms with Gasteiger partial charge in [-0.15, -0.1) is 0 Å². The molecule has 1 aliphatic heterocycles. The second-order valence-electron chi connectivity index (χ2n) is 3.68. The van der Waals surface area contributed by atoms with E-state index in [1.807, 2.05) is 4.90 Å². The van der Waals surface area contributed by atoms with Crippen LogP contribution in [-0.2, 0) is 4.79 Å². The average molecular weight is 194 g/mol. The van der Waals surface area contributed by atoms with Crippen LogP contribution in [0.1, 0.15) is 6.42 Å². The zero-order chi connectivity index (χ0) is 10.6. The predicted molar refractivity (Wildman–Crippen MR) is 58.0 cm³/mol. The van der Waals surface area contributed by atoms with Crippen molar-refractivity contribution in [3.05, 3.63) is 24.8 Å². The first-order chi connectivity index (χ1) is 6.65. The molecule has 14 heavy (non-hydrogen) atoms. The Morgan fingerprint density at radius 1 is 1.29 bits per heavy atom. The molecule has 0 spiro atoms. The lowest BCUT2D eigenvalue weighted by Crippen LogP contribution is -2.34. The minimum atomic E-state index is 0.0234. The summed E-state index contributed by atoms with van der Waals surface area (Å²) in [4.78, 5) is 15.8. The van der Waals surface area contributed by atoms with Crippen LogP contribution < -0.4 is 0 Å². The van der Waals surface area contributed by atoms with Crippen molar-refractivity contribution in [2.45, 2.75) is 6.42 Å². The Labute approximate surface area is 85.7 Å². The van der Waals surface area contributed by atoms with E-state index < -0.39 is 0 Å². The van der Waals surface area contributed by atoms with Crippen molar-refractivity contribution in [1.29, 1.82) is 0 Å². The molecule has 78 valence electrons. The van der Waals surface area contributed by atoms with Crippen molar-refractivity contribution in [3.63, 3.8) is 0 Å². The first-order valence-corrected chi connectivity index (χ1v) is 4.94. The number of amides is 1. The molecule has 0 N–H and O–H groups in total. The Morgan fingerprint density at radius 3 is 2.64 bits per heavy atom. The zero-order valence-electron chi connectivity index (χ0n) is 8.83. The maximum Gasteiger partial charge on any atom is 0.253 e. The van der Waals surface area contributed by atoms with Gasteiger partial charge in [-0.1, -0.05) is 19.2 Å². The molecule has 1 heterocycles. The molecular formula is C11H18N2O. The second-order valence-corrected chi connectivity index (χ2v) is 3.68. The minimum Gasteiger partial charge on any atom is -0.337 e. The summed E-state index contributed by atoms with van der Waals surface area (Å²) in [7, 11) is 2.08. The van der Waals surface area contributed by atoms with E-state index in [1.54, 1.807) is 0 Å². The molecule has 0 aliphatic carbocycles. The van der Waals surface area contributed by atoms with Crippen molar-refractivity contribution in [2.75, 3.05) is 33.2 Å². The van der Waals surface area contributed by atoms with E-state index in [4.69, 9.17) is 0 Å². The van der Waals surface area contributed by atoms with Crippen LogP contribution >= 0.6 is 0 Å². The lowest BCUT2D eigenvalue weighted by atomic mass is 10.2. The molecular weight excluding hydrogens is 176 g/mol. The minimum absolute atomic E-state index is 0.0234. The lowest BCUT2D eigenvalue weighted by molar-refractivity contribution is -0.126. The second kappa shape index (κ2) is 4.96. The van der Waals surface area contributed by atoms with E-state index in [1.165, 1.54) is 6.08 Å². The molecule has 0 bridgehead atoms. The first-order valence-electron chi connectivity index (χ1n) is 4.94. The number of hydrogen-bond donors (Lipinski definition) is 0. The molecule has 1 rings (SSSR count). The van der Waals surface area contributed by atoms with Gasteiger partial charge in [0.1, 0.15) is 0 Å². The fourth-order valence-electron chi connectivity index (χ4n) is 1.54. The monoisotopic (exact) mass is 194 g/mol. The van der Waals surface area contributed by atoms with Crippen LogP contribution in [0.2, 0.25) is 0 Å². The van der Waals surface area contributed by atoms with Gasteiger partial charge in [-0.2, -0.15) is 0 Å². The molecule has 0 atom stereocenters. The summed E-state index contributed by atoms with van der Waals surface area (Å²) in [6.07, 6.45) is 2.56. The quantitative estimate of drug-likeness (QED) is 0.481.